The van der Waals surface area contributed by atoms with E-state index in [0.29, 0.717) is 18.5 Å². The molecule has 0 radical (unpaired) electrons. The summed E-state index contributed by atoms with van der Waals surface area (Å²) in [5.74, 6) is -1.09. The lowest BCUT2D eigenvalue weighted by Crippen LogP contribution is -2.58. The number of ether oxygens (including phenoxy) is 1. The number of hydrogen-bond donors (Lipinski definition) is 3. The number of carbonyl (C=O) groups is 2. The number of aryl methyl sites for hydroxylation is 1. The summed E-state index contributed by atoms with van der Waals surface area (Å²) in [4.78, 5) is 23.8. The van der Waals surface area contributed by atoms with Crippen molar-refractivity contribution in [1.82, 2.24) is 10.6 Å². The second-order valence-corrected chi connectivity index (χ2v) is 9.22. The fourth-order valence-electron chi connectivity index (χ4n) is 4.93. The van der Waals surface area contributed by atoms with Crippen molar-refractivity contribution in [3.63, 3.8) is 0 Å². The maximum absolute atomic E-state index is 12.0. The van der Waals surface area contributed by atoms with E-state index in [9.17, 15) is 14.7 Å². The highest BCUT2D eigenvalue weighted by Gasteiger charge is 2.37. The molecule has 0 bridgehead atoms. The van der Waals surface area contributed by atoms with Gasteiger partial charge in [0.1, 0.15) is 0 Å². The van der Waals surface area contributed by atoms with E-state index in [4.69, 9.17) is 4.74 Å². The number of benzene rings is 1. The predicted molar refractivity (Wildman–Crippen MR) is 131 cm³/mol. The Hall–Kier alpha value is -2.44. The number of hydrogen-bond acceptors (Lipinski definition) is 4. The zero-order valence-electron chi connectivity index (χ0n) is 20.3. The Bertz CT molecular complexity index is 917. The van der Waals surface area contributed by atoms with Gasteiger partial charge in [0, 0.05) is 25.1 Å². The van der Waals surface area contributed by atoms with Crippen molar-refractivity contribution in [3.05, 3.63) is 52.6 Å². The molecule has 3 atom stereocenters. The van der Waals surface area contributed by atoms with Crippen LogP contribution in [0.5, 0.6) is 0 Å². The molecule has 0 saturated heterocycles. The highest BCUT2D eigenvalue weighted by Crippen LogP contribution is 2.30. The fourth-order valence-corrected chi connectivity index (χ4v) is 4.93. The quantitative estimate of drug-likeness (QED) is 0.484. The summed E-state index contributed by atoms with van der Waals surface area (Å²) >= 11 is 0. The molecule has 6 heteroatoms. The average Bonchev–Trinajstić information content (AvgIpc) is 3.31. The van der Waals surface area contributed by atoms with Crippen LogP contribution in [-0.2, 0) is 20.9 Å². The molecule has 0 saturated carbocycles. The van der Waals surface area contributed by atoms with Gasteiger partial charge in [0.2, 0.25) is 5.91 Å². The van der Waals surface area contributed by atoms with Gasteiger partial charge in [-0.25, -0.2) is 4.79 Å². The Balaban J connectivity index is 1.78. The molecule has 0 fully saturated rings. The number of carboxylic acid groups (broad SMARTS) is 1. The number of rotatable bonds is 10. The Morgan fingerprint density at radius 3 is 2.58 bits per heavy atom. The molecule has 1 amide bonds. The van der Waals surface area contributed by atoms with Crippen LogP contribution in [0.3, 0.4) is 0 Å². The van der Waals surface area contributed by atoms with Gasteiger partial charge in [-0.1, -0.05) is 38.1 Å². The molecule has 180 valence electrons. The summed E-state index contributed by atoms with van der Waals surface area (Å²) in [7, 11) is 0. The van der Waals surface area contributed by atoms with Gasteiger partial charge in [-0.05, 0) is 73.8 Å². The first kappa shape index (κ1) is 25.2. The van der Waals surface area contributed by atoms with Crippen molar-refractivity contribution in [2.24, 2.45) is 0 Å². The lowest BCUT2D eigenvalue weighted by Gasteiger charge is -2.38. The summed E-state index contributed by atoms with van der Waals surface area (Å²) in [5.41, 5.74) is 5.47. The van der Waals surface area contributed by atoms with Gasteiger partial charge in [-0.3, -0.25) is 4.79 Å². The summed E-state index contributed by atoms with van der Waals surface area (Å²) in [6.45, 7) is 8.32. The molecular formula is C27H38N2O4. The maximum atomic E-state index is 12.0. The minimum absolute atomic E-state index is 0.0105. The van der Waals surface area contributed by atoms with E-state index in [1.54, 1.807) is 6.08 Å². The van der Waals surface area contributed by atoms with Crippen molar-refractivity contribution >= 4 is 17.4 Å². The molecule has 6 nitrogen and oxygen atoms in total. The van der Waals surface area contributed by atoms with Crippen molar-refractivity contribution in [2.45, 2.75) is 97.1 Å². The highest BCUT2D eigenvalue weighted by molar-refractivity contribution is 5.87. The Morgan fingerprint density at radius 1 is 1.24 bits per heavy atom. The molecule has 0 aliphatic heterocycles. The molecular weight excluding hydrogens is 416 g/mol. The van der Waals surface area contributed by atoms with Crippen LogP contribution in [0.1, 0.15) is 76.0 Å². The third-order valence-corrected chi connectivity index (χ3v) is 6.74. The number of aliphatic carboxylic acids is 1. The third kappa shape index (κ3) is 6.55. The van der Waals surface area contributed by atoms with Crippen LogP contribution in [0.25, 0.3) is 5.57 Å². The number of allylic oxidation sites excluding steroid dienone is 2. The zero-order valence-corrected chi connectivity index (χ0v) is 20.3. The minimum atomic E-state index is -0.939. The van der Waals surface area contributed by atoms with Crippen molar-refractivity contribution in [2.75, 3.05) is 0 Å². The summed E-state index contributed by atoms with van der Waals surface area (Å²) in [6.07, 6.45) is 9.04. The molecule has 0 aromatic heterocycles. The second-order valence-electron chi connectivity index (χ2n) is 9.22. The van der Waals surface area contributed by atoms with E-state index in [0.717, 1.165) is 31.2 Å². The highest BCUT2D eigenvalue weighted by atomic mass is 16.5. The smallest absolute Gasteiger partial charge is 0.331 e. The van der Waals surface area contributed by atoms with Crippen LogP contribution in [0.4, 0.5) is 0 Å². The first-order valence-corrected chi connectivity index (χ1v) is 12.2. The van der Waals surface area contributed by atoms with Gasteiger partial charge in [0.15, 0.2) is 0 Å². The van der Waals surface area contributed by atoms with Crippen LogP contribution >= 0.6 is 0 Å². The van der Waals surface area contributed by atoms with Gasteiger partial charge in [0.05, 0.1) is 18.2 Å². The lowest BCUT2D eigenvalue weighted by atomic mass is 9.87. The molecule has 2 aliphatic rings. The third-order valence-electron chi connectivity index (χ3n) is 6.74. The molecule has 1 aromatic carbocycles. The minimum Gasteiger partial charge on any atom is -0.478 e. The van der Waals surface area contributed by atoms with Crippen molar-refractivity contribution in [1.29, 1.82) is 0 Å². The Kier molecular flexibility index (Phi) is 8.87. The first-order valence-electron chi connectivity index (χ1n) is 12.2. The van der Waals surface area contributed by atoms with E-state index in [1.165, 1.54) is 30.0 Å². The zero-order chi connectivity index (χ0) is 24.0. The topological polar surface area (TPSA) is 87.7 Å². The van der Waals surface area contributed by atoms with E-state index < -0.39 is 12.1 Å². The van der Waals surface area contributed by atoms with Gasteiger partial charge in [0.25, 0.3) is 0 Å². The van der Waals surface area contributed by atoms with Crippen LogP contribution in [0, 0.1) is 6.92 Å². The van der Waals surface area contributed by atoms with Crippen molar-refractivity contribution in [3.8, 4) is 0 Å². The standard InChI is InChI=1S/C27H38N2O4/c1-5-22(6-2)33-25-15-21(27(31)32)14-24(26(25)29-18(4)30)28-16-19-11-12-23(17(3)13-19)20-9-7-8-10-20/h9,11-13,15,22,24-26,28H,5-8,10,14,16H2,1-4H3,(H,29,30)(H,31,32)/t24-,25+,26+/m0/s1. The average molecular weight is 455 g/mol. The molecule has 0 unspecified atom stereocenters. The van der Waals surface area contributed by atoms with Gasteiger partial charge >= 0.3 is 5.97 Å². The SMILES string of the molecule is CCC(CC)O[C@@H]1C=C(C(=O)O)C[C@H](NCc2ccc(C3=CCCC3)c(C)c2)[C@H]1NC(C)=O. The lowest BCUT2D eigenvalue weighted by molar-refractivity contribution is -0.133. The van der Waals surface area contributed by atoms with Gasteiger partial charge in [-0.15, -0.1) is 0 Å². The van der Waals surface area contributed by atoms with E-state index in [1.807, 2.05) is 0 Å². The monoisotopic (exact) mass is 454 g/mol. The molecule has 1 aromatic rings. The predicted octanol–water partition coefficient (Wildman–Crippen LogP) is 4.51. The number of carboxylic acids is 1. The van der Waals surface area contributed by atoms with E-state index in [2.05, 4.69) is 55.7 Å². The van der Waals surface area contributed by atoms with Crippen LogP contribution < -0.4 is 10.6 Å². The number of amides is 1. The summed E-state index contributed by atoms with van der Waals surface area (Å²) in [5, 5.41) is 16.2. The normalized spacial score (nSPS) is 22.8. The van der Waals surface area contributed by atoms with Gasteiger partial charge < -0.3 is 20.5 Å². The van der Waals surface area contributed by atoms with E-state index >= 15 is 0 Å². The molecule has 33 heavy (non-hydrogen) atoms. The molecule has 0 spiro atoms. The summed E-state index contributed by atoms with van der Waals surface area (Å²) < 4.78 is 6.26. The number of nitrogens with one attached hydrogen (secondary N) is 2. The summed E-state index contributed by atoms with van der Waals surface area (Å²) in [6, 6.07) is 5.94. The molecule has 3 rings (SSSR count). The molecule has 2 aliphatic carbocycles. The fraction of sp³-hybridized carbons (Fsp3) is 0.556. The maximum Gasteiger partial charge on any atom is 0.331 e. The van der Waals surface area contributed by atoms with Crippen LogP contribution in [0.15, 0.2) is 35.9 Å². The van der Waals surface area contributed by atoms with Gasteiger partial charge in [-0.2, -0.15) is 0 Å². The van der Waals surface area contributed by atoms with Crippen LogP contribution in [0.2, 0.25) is 0 Å². The van der Waals surface area contributed by atoms with E-state index in [-0.39, 0.29) is 24.1 Å². The molecule has 0 heterocycles. The Morgan fingerprint density at radius 2 is 2.00 bits per heavy atom. The van der Waals surface area contributed by atoms with Crippen molar-refractivity contribution < 1.29 is 19.4 Å². The molecule has 3 N–H and O–H groups in total. The van der Waals surface area contributed by atoms with Crippen LogP contribution in [-0.4, -0.2) is 41.3 Å². The number of carbonyl (C=O) groups excluding carboxylic acids is 1. The largest absolute Gasteiger partial charge is 0.478 e. The Labute approximate surface area is 197 Å². The second kappa shape index (κ2) is 11.6. The first-order chi connectivity index (χ1) is 15.8.